The Morgan fingerprint density at radius 1 is 0.972 bits per heavy atom. The standard InChI is InChI=1S/C29H36N2O5/c1-2-3-4-5-18-34-25-12-14-26(15-13-25)36-29(33)22-9-6-21(7-10-22)8-17-28(32)35-20-23-19-24(30)11-16-27(23)31/h2,6-11,16-17,19,25-26H,1,3-5,12-15,18,20,30-31H2. The molecule has 0 aliphatic heterocycles. The largest absolute Gasteiger partial charge is 0.459 e. The molecular weight excluding hydrogens is 456 g/mol. The van der Waals surface area contributed by atoms with Gasteiger partial charge in [-0.15, -0.1) is 6.58 Å². The first-order valence-electron chi connectivity index (χ1n) is 12.5. The van der Waals surface area contributed by atoms with E-state index < -0.39 is 5.97 Å². The number of benzene rings is 2. The highest BCUT2D eigenvalue weighted by molar-refractivity contribution is 5.90. The summed E-state index contributed by atoms with van der Waals surface area (Å²) in [6, 6.07) is 11.9. The van der Waals surface area contributed by atoms with E-state index in [0.29, 0.717) is 22.5 Å². The molecule has 4 N–H and O–H groups in total. The molecule has 1 saturated carbocycles. The molecule has 0 saturated heterocycles. The van der Waals surface area contributed by atoms with Crippen molar-refractivity contribution >= 4 is 29.4 Å². The number of carbonyl (C=O) groups is 2. The molecule has 7 nitrogen and oxygen atoms in total. The van der Waals surface area contributed by atoms with E-state index in [9.17, 15) is 9.59 Å². The molecule has 7 heteroatoms. The van der Waals surface area contributed by atoms with Gasteiger partial charge in [-0.1, -0.05) is 18.2 Å². The van der Waals surface area contributed by atoms with Gasteiger partial charge in [0.15, 0.2) is 0 Å². The van der Waals surface area contributed by atoms with Crippen molar-refractivity contribution in [1.82, 2.24) is 0 Å². The van der Waals surface area contributed by atoms with Crippen LogP contribution in [0.25, 0.3) is 6.08 Å². The second kappa shape index (κ2) is 14.1. The van der Waals surface area contributed by atoms with Crippen molar-refractivity contribution in [2.75, 3.05) is 18.1 Å². The van der Waals surface area contributed by atoms with Crippen LogP contribution in [0.2, 0.25) is 0 Å². The summed E-state index contributed by atoms with van der Waals surface area (Å²) >= 11 is 0. The molecule has 0 heterocycles. The van der Waals surface area contributed by atoms with Gasteiger partial charge < -0.3 is 25.7 Å². The Morgan fingerprint density at radius 2 is 1.69 bits per heavy atom. The molecule has 0 unspecified atom stereocenters. The highest BCUT2D eigenvalue weighted by Crippen LogP contribution is 2.25. The summed E-state index contributed by atoms with van der Waals surface area (Å²) in [5.41, 5.74) is 14.6. The van der Waals surface area contributed by atoms with E-state index in [1.807, 2.05) is 6.08 Å². The number of allylic oxidation sites excluding steroid dienone is 1. The number of nitrogens with two attached hydrogens (primary N) is 2. The van der Waals surface area contributed by atoms with Crippen molar-refractivity contribution in [2.24, 2.45) is 0 Å². The van der Waals surface area contributed by atoms with E-state index in [2.05, 4.69) is 6.58 Å². The summed E-state index contributed by atoms with van der Waals surface area (Å²) in [4.78, 5) is 24.6. The maximum Gasteiger partial charge on any atom is 0.338 e. The molecule has 0 atom stereocenters. The zero-order valence-corrected chi connectivity index (χ0v) is 20.7. The van der Waals surface area contributed by atoms with Crippen molar-refractivity contribution in [3.8, 4) is 0 Å². The maximum absolute atomic E-state index is 12.5. The Labute approximate surface area is 213 Å². The lowest BCUT2D eigenvalue weighted by atomic mass is 9.95. The van der Waals surface area contributed by atoms with Gasteiger partial charge in [-0.25, -0.2) is 9.59 Å². The third kappa shape index (κ3) is 8.89. The summed E-state index contributed by atoms with van der Waals surface area (Å²) in [7, 11) is 0. The lowest BCUT2D eigenvalue weighted by molar-refractivity contribution is -0.138. The summed E-state index contributed by atoms with van der Waals surface area (Å²) in [5.74, 6) is -0.838. The maximum atomic E-state index is 12.5. The molecule has 1 aliphatic rings. The molecular formula is C29H36N2O5. The first kappa shape index (κ1) is 27.0. The minimum absolute atomic E-state index is 0.0363. The minimum atomic E-state index is -0.503. The molecule has 1 fully saturated rings. The number of esters is 2. The van der Waals surface area contributed by atoms with Crippen molar-refractivity contribution in [3.63, 3.8) is 0 Å². The first-order chi connectivity index (χ1) is 17.4. The summed E-state index contributed by atoms with van der Waals surface area (Å²) in [5, 5.41) is 0. The van der Waals surface area contributed by atoms with Crippen LogP contribution in [0.3, 0.4) is 0 Å². The Bertz CT molecular complexity index is 1040. The monoisotopic (exact) mass is 492 g/mol. The van der Waals surface area contributed by atoms with Crippen LogP contribution in [0.5, 0.6) is 0 Å². The molecule has 2 aromatic rings. The quantitative estimate of drug-likeness (QED) is 0.133. The van der Waals surface area contributed by atoms with Crippen LogP contribution in [0, 0.1) is 0 Å². The molecule has 3 rings (SSSR count). The number of hydrogen-bond donors (Lipinski definition) is 2. The summed E-state index contributed by atoms with van der Waals surface area (Å²) in [6.45, 7) is 4.54. The van der Waals surface area contributed by atoms with Gasteiger partial charge in [0.2, 0.25) is 0 Å². The van der Waals surface area contributed by atoms with Crippen LogP contribution < -0.4 is 11.5 Å². The van der Waals surface area contributed by atoms with E-state index >= 15 is 0 Å². The highest BCUT2D eigenvalue weighted by Gasteiger charge is 2.24. The van der Waals surface area contributed by atoms with E-state index in [-0.39, 0.29) is 24.8 Å². The van der Waals surface area contributed by atoms with E-state index in [0.717, 1.165) is 57.1 Å². The molecule has 0 bridgehead atoms. The Balaban J connectivity index is 1.38. The topological polar surface area (TPSA) is 114 Å². The van der Waals surface area contributed by atoms with Crippen LogP contribution in [0.15, 0.2) is 61.2 Å². The van der Waals surface area contributed by atoms with Gasteiger partial charge >= 0.3 is 11.9 Å². The predicted octanol–water partition coefficient (Wildman–Crippen LogP) is 5.45. The predicted molar refractivity (Wildman–Crippen MR) is 142 cm³/mol. The molecule has 192 valence electrons. The number of hydrogen-bond acceptors (Lipinski definition) is 7. The zero-order chi connectivity index (χ0) is 25.8. The molecule has 0 radical (unpaired) electrons. The number of nitrogen functional groups attached to an aromatic ring is 2. The van der Waals surface area contributed by atoms with Crippen LogP contribution in [0.1, 0.15) is 66.4 Å². The minimum Gasteiger partial charge on any atom is -0.459 e. The SMILES string of the molecule is C=CCCCCOC1CCC(OC(=O)c2ccc(C=CC(=O)OCc3cc(N)ccc3N)cc2)CC1. The fourth-order valence-corrected chi connectivity index (χ4v) is 4.02. The smallest absolute Gasteiger partial charge is 0.338 e. The molecule has 1 aliphatic carbocycles. The van der Waals surface area contributed by atoms with E-state index in [1.54, 1.807) is 48.5 Å². The zero-order valence-electron chi connectivity index (χ0n) is 20.7. The fourth-order valence-electron chi connectivity index (χ4n) is 4.02. The van der Waals surface area contributed by atoms with Crippen LogP contribution in [-0.4, -0.2) is 30.8 Å². The van der Waals surface area contributed by atoms with Gasteiger partial charge in [-0.05, 0) is 86.9 Å². The molecule has 0 amide bonds. The number of rotatable bonds is 12. The number of anilines is 2. The second-order valence-corrected chi connectivity index (χ2v) is 8.98. The average Bonchev–Trinajstić information content (AvgIpc) is 2.89. The molecule has 2 aromatic carbocycles. The molecule has 0 spiro atoms. The van der Waals surface area contributed by atoms with Crippen LogP contribution in [-0.2, 0) is 25.6 Å². The van der Waals surface area contributed by atoms with Gasteiger partial charge in [0, 0.05) is 29.6 Å². The molecule has 0 aromatic heterocycles. The third-order valence-corrected chi connectivity index (χ3v) is 6.15. The van der Waals surface area contributed by atoms with Crippen molar-refractivity contribution < 1.29 is 23.8 Å². The van der Waals surface area contributed by atoms with Gasteiger partial charge in [-0.2, -0.15) is 0 Å². The Kier molecular flexibility index (Phi) is 10.6. The summed E-state index contributed by atoms with van der Waals surface area (Å²) in [6.07, 6.45) is 11.7. The lowest BCUT2D eigenvalue weighted by Crippen LogP contribution is -2.28. The third-order valence-electron chi connectivity index (χ3n) is 6.15. The van der Waals surface area contributed by atoms with E-state index in [4.69, 9.17) is 25.7 Å². The van der Waals surface area contributed by atoms with E-state index in [1.165, 1.54) is 6.08 Å². The van der Waals surface area contributed by atoms with Gasteiger partial charge in [0.25, 0.3) is 0 Å². The first-order valence-corrected chi connectivity index (χ1v) is 12.5. The van der Waals surface area contributed by atoms with Gasteiger partial charge in [0.05, 0.1) is 11.7 Å². The lowest BCUT2D eigenvalue weighted by Gasteiger charge is -2.28. The second-order valence-electron chi connectivity index (χ2n) is 8.98. The Hall–Kier alpha value is -3.58. The number of ether oxygens (including phenoxy) is 3. The number of carbonyl (C=O) groups excluding carboxylic acids is 2. The van der Waals surface area contributed by atoms with Gasteiger partial charge in [0.1, 0.15) is 12.7 Å². The van der Waals surface area contributed by atoms with Crippen molar-refractivity contribution in [1.29, 1.82) is 0 Å². The Morgan fingerprint density at radius 3 is 2.42 bits per heavy atom. The van der Waals surface area contributed by atoms with Crippen molar-refractivity contribution in [3.05, 3.63) is 77.9 Å². The highest BCUT2D eigenvalue weighted by atomic mass is 16.5. The summed E-state index contributed by atoms with van der Waals surface area (Å²) < 4.78 is 16.9. The fraction of sp³-hybridized carbons (Fsp3) is 0.379. The van der Waals surface area contributed by atoms with Gasteiger partial charge in [-0.3, -0.25) is 0 Å². The van der Waals surface area contributed by atoms with Crippen LogP contribution >= 0.6 is 0 Å². The van der Waals surface area contributed by atoms with Crippen molar-refractivity contribution in [2.45, 2.75) is 63.8 Å². The number of unbranched alkanes of at least 4 members (excludes halogenated alkanes) is 2. The van der Waals surface area contributed by atoms with Crippen LogP contribution in [0.4, 0.5) is 11.4 Å². The molecule has 36 heavy (non-hydrogen) atoms. The average molecular weight is 493 g/mol. The normalized spacial score (nSPS) is 17.6.